The SMILES string of the molecule is CNC(=O)Cn1cc(NC(=O)Cn2nc3ccccc3n2)cn1. The lowest BCUT2D eigenvalue weighted by Crippen LogP contribution is -2.23. The molecule has 0 radical (unpaired) electrons. The van der Waals surface area contributed by atoms with Crippen molar-refractivity contribution in [3.63, 3.8) is 0 Å². The van der Waals surface area contributed by atoms with Gasteiger partial charge in [0.25, 0.3) is 0 Å². The van der Waals surface area contributed by atoms with E-state index in [0.717, 1.165) is 11.0 Å². The summed E-state index contributed by atoms with van der Waals surface area (Å²) in [5, 5.41) is 17.6. The van der Waals surface area contributed by atoms with Crippen LogP contribution in [0.4, 0.5) is 5.69 Å². The van der Waals surface area contributed by atoms with Crippen LogP contribution < -0.4 is 10.6 Å². The number of fused-ring (bicyclic) bond motifs is 1. The van der Waals surface area contributed by atoms with Gasteiger partial charge < -0.3 is 10.6 Å². The first kappa shape index (κ1) is 14.7. The van der Waals surface area contributed by atoms with Gasteiger partial charge in [0.05, 0.1) is 11.9 Å². The number of benzene rings is 1. The Labute approximate surface area is 131 Å². The lowest BCUT2D eigenvalue weighted by atomic mass is 10.3. The predicted octanol–water partition coefficient (Wildman–Crippen LogP) is 0.0125. The molecular formula is C14H15N7O2. The molecule has 0 unspecified atom stereocenters. The Kier molecular flexibility index (Phi) is 4.00. The van der Waals surface area contributed by atoms with E-state index in [1.807, 2.05) is 24.3 Å². The third-order valence-corrected chi connectivity index (χ3v) is 3.11. The summed E-state index contributed by atoms with van der Waals surface area (Å²) < 4.78 is 1.44. The van der Waals surface area contributed by atoms with Gasteiger partial charge in [-0.3, -0.25) is 14.3 Å². The number of anilines is 1. The summed E-state index contributed by atoms with van der Waals surface area (Å²) in [4.78, 5) is 24.6. The summed E-state index contributed by atoms with van der Waals surface area (Å²) in [7, 11) is 1.55. The number of amides is 2. The maximum atomic E-state index is 12.0. The molecule has 23 heavy (non-hydrogen) atoms. The van der Waals surface area contributed by atoms with Gasteiger partial charge in [0.2, 0.25) is 11.8 Å². The number of hydrogen-bond acceptors (Lipinski definition) is 5. The molecule has 0 aliphatic rings. The van der Waals surface area contributed by atoms with Crippen molar-refractivity contribution in [3.8, 4) is 0 Å². The number of carbonyl (C=O) groups excluding carboxylic acids is 2. The molecule has 2 amide bonds. The Balaban J connectivity index is 1.61. The van der Waals surface area contributed by atoms with Crippen molar-refractivity contribution in [2.45, 2.75) is 13.1 Å². The smallest absolute Gasteiger partial charge is 0.248 e. The lowest BCUT2D eigenvalue weighted by Gasteiger charge is -2.01. The number of hydrogen-bond donors (Lipinski definition) is 2. The van der Waals surface area contributed by atoms with E-state index < -0.39 is 0 Å². The van der Waals surface area contributed by atoms with Crippen LogP contribution in [0.5, 0.6) is 0 Å². The highest BCUT2D eigenvalue weighted by atomic mass is 16.2. The van der Waals surface area contributed by atoms with Crippen LogP contribution in [0.25, 0.3) is 11.0 Å². The Morgan fingerprint density at radius 1 is 1.09 bits per heavy atom. The first-order valence-electron chi connectivity index (χ1n) is 6.97. The van der Waals surface area contributed by atoms with E-state index in [0.29, 0.717) is 5.69 Å². The van der Waals surface area contributed by atoms with E-state index >= 15 is 0 Å². The number of likely N-dealkylation sites (N-methyl/N-ethyl adjacent to an activating group) is 1. The second-order valence-electron chi connectivity index (χ2n) is 4.87. The minimum atomic E-state index is -0.273. The molecule has 0 saturated carbocycles. The van der Waals surface area contributed by atoms with Gasteiger partial charge in [-0.2, -0.15) is 20.1 Å². The highest BCUT2D eigenvalue weighted by molar-refractivity contribution is 5.90. The van der Waals surface area contributed by atoms with Crippen molar-refractivity contribution < 1.29 is 9.59 Å². The van der Waals surface area contributed by atoms with Crippen LogP contribution in [-0.2, 0) is 22.7 Å². The van der Waals surface area contributed by atoms with Crippen molar-refractivity contribution in [1.82, 2.24) is 30.1 Å². The van der Waals surface area contributed by atoms with E-state index in [9.17, 15) is 9.59 Å². The van der Waals surface area contributed by atoms with Crippen LogP contribution in [0.15, 0.2) is 36.7 Å². The number of rotatable bonds is 5. The molecule has 9 nitrogen and oxygen atoms in total. The van der Waals surface area contributed by atoms with Crippen LogP contribution in [0.3, 0.4) is 0 Å². The molecule has 2 N–H and O–H groups in total. The van der Waals surface area contributed by atoms with Gasteiger partial charge in [-0.25, -0.2) is 0 Å². The topological polar surface area (TPSA) is 107 Å². The Morgan fingerprint density at radius 2 is 1.78 bits per heavy atom. The molecular weight excluding hydrogens is 298 g/mol. The molecule has 1 aromatic carbocycles. The third kappa shape index (κ3) is 3.51. The average molecular weight is 313 g/mol. The van der Waals surface area contributed by atoms with Crippen molar-refractivity contribution in [3.05, 3.63) is 36.7 Å². The largest absolute Gasteiger partial charge is 0.358 e. The molecule has 9 heteroatoms. The molecule has 2 aromatic heterocycles. The quantitative estimate of drug-likeness (QED) is 0.690. The molecule has 0 aliphatic heterocycles. The fourth-order valence-corrected chi connectivity index (χ4v) is 2.04. The van der Waals surface area contributed by atoms with E-state index in [1.165, 1.54) is 15.7 Å². The van der Waals surface area contributed by atoms with E-state index in [4.69, 9.17) is 0 Å². The zero-order valence-corrected chi connectivity index (χ0v) is 12.4. The normalized spacial score (nSPS) is 10.7. The summed E-state index contributed by atoms with van der Waals surface area (Å²) in [5.74, 6) is -0.441. The van der Waals surface area contributed by atoms with Crippen molar-refractivity contribution >= 4 is 28.5 Å². The van der Waals surface area contributed by atoms with Crippen LogP contribution in [0.2, 0.25) is 0 Å². The maximum Gasteiger partial charge on any atom is 0.248 e. The van der Waals surface area contributed by atoms with Gasteiger partial charge in [0.15, 0.2) is 0 Å². The summed E-state index contributed by atoms with van der Waals surface area (Å²) in [6, 6.07) is 7.39. The molecule has 0 bridgehead atoms. The highest BCUT2D eigenvalue weighted by Crippen LogP contribution is 2.08. The van der Waals surface area contributed by atoms with Gasteiger partial charge in [0, 0.05) is 13.2 Å². The molecule has 2 heterocycles. The molecule has 0 atom stereocenters. The van der Waals surface area contributed by atoms with Gasteiger partial charge in [-0.05, 0) is 12.1 Å². The molecule has 3 rings (SSSR count). The third-order valence-electron chi connectivity index (χ3n) is 3.11. The number of nitrogens with one attached hydrogen (secondary N) is 2. The fraction of sp³-hybridized carbons (Fsp3) is 0.214. The summed E-state index contributed by atoms with van der Waals surface area (Å²) in [6.45, 7) is 0.0910. The number of aromatic nitrogens is 5. The lowest BCUT2D eigenvalue weighted by molar-refractivity contribution is -0.121. The monoisotopic (exact) mass is 313 g/mol. The first-order valence-corrected chi connectivity index (χ1v) is 6.97. The number of carbonyl (C=O) groups is 2. The van der Waals surface area contributed by atoms with Gasteiger partial charge >= 0.3 is 0 Å². The Morgan fingerprint density at radius 3 is 2.43 bits per heavy atom. The van der Waals surface area contributed by atoms with Gasteiger partial charge in [-0.15, -0.1) is 0 Å². The predicted molar refractivity (Wildman–Crippen MR) is 82.5 cm³/mol. The first-order chi connectivity index (χ1) is 11.1. The minimum absolute atomic E-state index is 0.00466. The maximum absolute atomic E-state index is 12.0. The Bertz CT molecular complexity index is 819. The van der Waals surface area contributed by atoms with Crippen LogP contribution >= 0.6 is 0 Å². The minimum Gasteiger partial charge on any atom is -0.358 e. The van der Waals surface area contributed by atoms with Crippen molar-refractivity contribution in [2.75, 3.05) is 12.4 Å². The zero-order valence-electron chi connectivity index (χ0n) is 12.4. The van der Waals surface area contributed by atoms with Crippen molar-refractivity contribution in [1.29, 1.82) is 0 Å². The second kappa shape index (κ2) is 6.26. The average Bonchev–Trinajstić information content (AvgIpc) is 3.12. The van der Waals surface area contributed by atoms with E-state index in [-0.39, 0.29) is 24.9 Å². The summed E-state index contributed by atoms with van der Waals surface area (Å²) >= 11 is 0. The van der Waals surface area contributed by atoms with E-state index in [1.54, 1.807) is 13.2 Å². The van der Waals surface area contributed by atoms with E-state index in [2.05, 4.69) is 25.9 Å². The second-order valence-corrected chi connectivity index (χ2v) is 4.87. The summed E-state index contributed by atoms with van der Waals surface area (Å²) in [6.07, 6.45) is 3.06. The molecule has 3 aromatic rings. The van der Waals surface area contributed by atoms with Gasteiger partial charge in [0.1, 0.15) is 24.1 Å². The zero-order chi connectivity index (χ0) is 16.2. The number of nitrogens with zero attached hydrogens (tertiary/aromatic N) is 5. The van der Waals surface area contributed by atoms with Crippen LogP contribution in [-0.4, -0.2) is 43.6 Å². The molecule has 118 valence electrons. The van der Waals surface area contributed by atoms with Crippen LogP contribution in [0, 0.1) is 0 Å². The van der Waals surface area contributed by atoms with Crippen LogP contribution in [0.1, 0.15) is 0 Å². The Hall–Kier alpha value is -3.23. The van der Waals surface area contributed by atoms with Crippen molar-refractivity contribution in [2.24, 2.45) is 0 Å². The fourth-order valence-electron chi connectivity index (χ4n) is 2.04. The molecule has 0 spiro atoms. The summed E-state index contributed by atoms with van der Waals surface area (Å²) in [5.41, 5.74) is 1.98. The molecule has 0 saturated heterocycles. The van der Waals surface area contributed by atoms with Gasteiger partial charge in [-0.1, -0.05) is 12.1 Å². The molecule has 0 aliphatic carbocycles. The highest BCUT2D eigenvalue weighted by Gasteiger charge is 2.09. The standard InChI is InChI=1S/C14H15N7O2/c1-15-13(22)8-20-7-10(6-16-20)17-14(23)9-21-18-11-4-2-3-5-12(11)19-21/h2-7H,8-9H2,1H3,(H,15,22)(H,17,23). The molecule has 0 fully saturated rings.